The summed E-state index contributed by atoms with van der Waals surface area (Å²) in [5.41, 5.74) is 0. The van der Waals surface area contributed by atoms with E-state index in [-0.39, 0.29) is 18.6 Å². The highest BCUT2D eigenvalue weighted by atomic mass is 35.5. The molecular formula is C6H12ClNO6. The summed E-state index contributed by atoms with van der Waals surface area (Å²) in [4.78, 5) is 10.5. The molecule has 8 heteroatoms. The lowest BCUT2D eigenvalue weighted by atomic mass is 10.2. The summed E-state index contributed by atoms with van der Waals surface area (Å²) < 4.78 is 4.32. The third-order valence-corrected chi connectivity index (χ3v) is 1.48. The largest absolute Gasteiger partial charge is 0.505 e. The van der Waals surface area contributed by atoms with E-state index >= 15 is 0 Å². The molecular weight excluding hydrogens is 218 g/mol. The molecule has 2 atom stereocenters. The van der Waals surface area contributed by atoms with Crippen molar-refractivity contribution in [1.29, 1.82) is 0 Å². The Bertz CT molecular complexity index is 242. The fraction of sp³-hybridized carbons (Fsp3) is 0.500. The summed E-state index contributed by atoms with van der Waals surface area (Å²) in [6.45, 7) is -0.671. The van der Waals surface area contributed by atoms with E-state index < -0.39 is 36.3 Å². The van der Waals surface area contributed by atoms with Gasteiger partial charge in [-0.1, -0.05) is 0 Å². The second-order valence-corrected chi connectivity index (χ2v) is 2.31. The van der Waals surface area contributed by atoms with Gasteiger partial charge in [0.05, 0.1) is 6.61 Å². The standard InChI is InChI=1S/C6H8O6.ClH.H3N/c7-1-2(8)5-3(9)4(10)6(11)12-5;;/h2,5,7-10H,1H2;1H;1H3/t2-,5+;;/m0../s1. The van der Waals surface area contributed by atoms with Gasteiger partial charge < -0.3 is 31.3 Å². The molecule has 1 aliphatic heterocycles. The molecule has 0 radical (unpaired) electrons. The van der Waals surface area contributed by atoms with Crippen LogP contribution in [0.1, 0.15) is 0 Å². The summed E-state index contributed by atoms with van der Waals surface area (Å²) in [5, 5.41) is 35.0. The van der Waals surface area contributed by atoms with Gasteiger partial charge in [-0.25, -0.2) is 4.79 Å². The average Bonchev–Trinajstić information content (AvgIpc) is 2.32. The Balaban J connectivity index is 0. The summed E-state index contributed by atoms with van der Waals surface area (Å²) >= 11 is 0. The van der Waals surface area contributed by atoms with E-state index in [2.05, 4.69) is 4.74 Å². The van der Waals surface area contributed by atoms with Crippen molar-refractivity contribution in [3.05, 3.63) is 11.5 Å². The Morgan fingerprint density at radius 1 is 1.43 bits per heavy atom. The number of carbonyl (C=O) groups is 1. The lowest BCUT2D eigenvalue weighted by Crippen LogP contribution is -2.31. The van der Waals surface area contributed by atoms with Crippen LogP contribution in [0.25, 0.3) is 0 Å². The molecule has 14 heavy (non-hydrogen) atoms. The van der Waals surface area contributed by atoms with Crippen molar-refractivity contribution in [3.63, 3.8) is 0 Å². The molecule has 0 aliphatic carbocycles. The highest BCUT2D eigenvalue weighted by Gasteiger charge is 2.38. The van der Waals surface area contributed by atoms with Crippen molar-refractivity contribution >= 4 is 18.4 Å². The maximum Gasteiger partial charge on any atom is 0.377 e. The zero-order chi connectivity index (χ0) is 9.30. The van der Waals surface area contributed by atoms with Crippen molar-refractivity contribution in [2.24, 2.45) is 0 Å². The van der Waals surface area contributed by atoms with Crippen molar-refractivity contribution in [2.45, 2.75) is 12.2 Å². The molecule has 0 aromatic heterocycles. The first kappa shape index (κ1) is 15.5. The molecule has 84 valence electrons. The van der Waals surface area contributed by atoms with Crippen LogP contribution in [0.2, 0.25) is 0 Å². The number of cyclic esters (lactones) is 1. The molecule has 7 nitrogen and oxygen atoms in total. The smallest absolute Gasteiger partial charge is 0.377 e. The molecule has 0 fully saturated rings. The zero-order valence-electron chi connectivity index (χ0n) is 7.08. The Morgan fingerprint density at radius 2 is 1.93 bits per heavy atom. The minimum Gasteiger partial charge on any atom is -0.505 e. The first-order valence-corrected chi connectivity index (χ1v) is 3.20. The van der Waals surface area contributed by atoms with Gasteiger partial charge >= 0.3 is 5.97 Å². The first-order valence-electron chi connectivity index (χ1n) is 3.20. The molecule has 0 spiro atoms. The molecule has 0 aromatic rings. The number of esters is 1. The maximum absolute atomic E-state index is 10.5. The molecule has 0 bridgehead atoms. The summed E-state index contributed by atoms with van der Waals surface area (Å²) in [6.07, 6.45) is -2.78. The normalized spacial score (nSPS) is 22.1. The number of ether oxygens (including phenoxy) is 1. The summed E-state index contributed by atoms with van der Waals surface area (Å²) in [6, 6.07) is 0. The van der Waals surface area contributed by atoms with Gasteiger partial charge in [-0.2, -0.15) is 0 Å². The highest BCUT2D eigenvalue weighted by Crippen LogP contribution is 2.20. The van der Waals surface area contributed by atoms with Gasteiger partial charge in [0.15, 0.2) is 11.9 Å². The third-order valence-electron chi connectivity index (χ3n) is 1.48. The van der Waals surface area contributed by atoms with Crippen molar-refractivity contribution in [2.75, 3.05) is 6.61 Å². The van der Waals surface area contributed by atoms with Gasteiger partial charge in [-0.3, -0.25) is 0 Å². The van der Waals surface area contributed by atoms with Crippen LogP contribution < -0.4 is 6.15 Å². The zero-order valence-corrected chi connectivity index (χ0v) is 7.90. The van der Waals surface area contributed by atoms with Gasteiger partial charge in [0.1, 0.15) is 6.10 Å². The molecule has 0 saturated carbocycles. The van der Waals surface area contributed by atoms with Crippen LogP contribution in [0, 0.1) is 0 Å². The van der Waals surface area contributed by atoms with Gasteiger partial charge in [-0.05, 0) is 0 Å². The SMILES string of the molecule is Cl.N.O=C1O[C@H]([C@@H](O)CO)C(O)=C1O. The van der Waals surface area contributed by atoms with E-state index in [4.69, 9.17) is 20.4 Å². The molecule has 0 unspecified atom stereocenters. The lowest BCUT2D eigenvalue weighted by molar-refractivity contribution is -0.147. The number of rotatable bonds is 2. The first-order chi connectivity index (χ1) is 5.57. The fourth-order valence-corrected chi connectivity index (χ4v) is 0.823. The number of halogens is 1. The molecule has 0 saturated heterocycles. The van der Waals surface area contributed by atoms with Crippen LogP contribution in [-0.4, -0.2) is 45.2 Å². The average molecular weight is 230 g/mol. The third kappa shape index (κ3) is 2.48. The molecule has 0 aromatic carbocycles. The highest BCUT2D eigenvalue weighted by molar-refractivity contribution is 5.89. The number of aliphatic hydroxyl groups excluding tert-OH is 4. The van der Waals surface area contributed by atoms with Crippen molar-refractivity contribution in [3.8, 4) is 0 Å². The quantitative estimate of drug-likeness (QED) is 0.389. The van der Waals surface area contributed by atoms with Crippen LogP contribution in [0.15, 0.2) is 11.5 Å². The van der Waals surface area contributed by atoms with Gasteiger partial charge in [0, 0.05) is 0 Å². The van der Waals surface area contributed by atoms with Gasteiger partial charge in [0.25, 0.3) is 0 Å². The van der Waals surface area contributed by atoms with E-state index in [1.54, 1.807) is 0 Å². The van der Waals surface area contributed by atoms with Crippen molar-refractivity contribution < 1.29 is 30.0 Å². The van der Waals surface area contributed by atoms with Crippen LogP contribution in [0.3, 0.4) is 0 Å². The molecule has 0 amide bonds. The number of hydrogen-bond donors (Lipinski definition) is 5. The molecule has 1 aliphatic rings. The minimum absolute atomic E-state index is 0. The monoisotopic (exact) mass is 229 g/mol. The predicted molar refractivity (Wildman–Crippen MR) is 47.5 cm³/mol. The Morgan fingerprint density at radius 3 is 2.21 bits per heavy atom. The molecule has 1 rings (SSSR count). The van der Waals surface area contributed by atoms with Crippen LogP contribution >= 0.6 is 12.4 Å². The van der Waals surface area contributed by atoms with E-state index in [1.165, 1.54) is 0 Å². The second-order valence-electron chi connectivity index (χ2n) is 2.31. The van der Waals surface area contributed by atoms with Gasteiger partial charge in [-0.15, -0.1) is 12.4 Å². The molecule has 1 heterocycles. The Kier molecular flexibility index (Phi) is 6.24. The summed E-state index contributed by atoms with van der Waals surface area (Å²) in [5.74, 6) is -2.78. The van der Waals surface area contributed by atoms with Crippen LogP contribution in [0.4, 0.5) is 0 Å². The fourth-order valence-electron chi connectivity index (χ4n) is 0.823. The second kappa shape index (κ2) is 5.66. The van der Waals surface area contributed by atoms with E-state index in [1.807, 2.05) is 0 Å². The Hall–Kier alpha value is -1.02. The number of carbonyl (C=O) groups excluding carboxylic acids is 1. The van der Waals surface area contributed by atoms with Crippen LogP contribution in [0.5, 0.6) is 0 Å². The van der Waals surface area contributed by atoms with Crippen LogP contribution in [-0.2, 0) is 9.53 Å². The number of hydrogen-bond acceptors (Lipinski definition) is 7. The number of aliphatic hydroxyl groups is 4. The topological polar surface area (TPSA) is 142 Å². The molecule has 7 N–H and O–H groups in total. The minimum atomic E-state index is -1.42. The lowest BCUT2D eigenvalue weighted by Gasteiger charge is -2.13. The van der Waals surface area contributed by atoms with Crippen molar-refractivity contribution in [1.82, 2.24) is 6.15 Å². The van der Waals surface area contributed by atoms with E-state index in [0.29, 0.717) is 0 Å². The van der Waals surface area contributed by atoms with E-state index in [0.717, 1.165) is 0 Å². The summed E-state index contributed by atoms with van der Waals surface area (Å²) in [7, 11) is 0. The predicted octanol–water partition coefficient (Wildman–Crippen LogP) is -0.824. The Labute approximate surface area is 85.6 Å². The van der Waals surface area contributed by atoms with Gasteiger partial charge in [0.2, 0.25) is 5.76 Å². The maximum atomic E-state index is 10.5. The van der Waals surface area contributed by atoms with E-state index in [9.17, 15) is 4.79 Å².